The molecule has 0 spiro atoms. The predicted molar refractivity (Wildman–Crippen MR) is 73.6 cm³/mol. The van der Waals surface area contributed by atoms with E-state index in [0.29, 0.717) is 6.42 Å². The van der Waals surface area contributed by atoms with Gasteiger partial charge in [0.2, 0.25) is 5.91 Å². The molecule has 3 nitrogen and oxygen atoms in total. The Kier molecular flexibility index (Phi) is 5.65. The maximum atomic E-state index is 11.6. The second-order valence-electron chi connectivity index (χ2n) is 4.36. The molecule has 0 aromatic heterocycles. The third-order valence-corrected chi connectivity index (χ3v) is 3.05. The highest BCUT2D eigenvalue weighted by molar-refractivity contribution is 9.10. The number of nitrogens with two attached hydrogens (primary N) is 1. The second kappa shape index (κ2) is 6.77. The first kappa shape index (κ1) is 14.2. The van der Waals surface area contributed by atoms with Crippen LogP contribution in [0, 0.1) is 0 Å². The van der Waals surface area contributed by atoms with Crippen LogP contribution >= 0.6 is 15.9 Å². The van der Waals surface area contributed by atoms with Gasteiger partial charge in [0.1, 0.15) is 0 Å². The van der Waals surface area contributed by atoms with Crippen molar-refractivity contribution < 1.29 is 4.79 Å². The van der Waals surface area contributed by atoms with Gasteiger partial charge in [0, 0.05) is 16.9 Å². The molecule has 1 rings (SSSR count). The molecule has 0 heterocycles. The van der Waals surface area contributed by atoms with Crippen LogP contribution in [0.15, 0.2) is 28.7 Å². The number of nitrogens with one attached hydrogen (secondary N) is 1. The lowest BCUT2D eigenvalue weighted by atomic mass is 10.1. The molecule has 17 heavy (non-hydrogen) atoms. The molecule has 0 fully saturated rings. The summed E-state index contributed by atoms with van der Waals surface area (Å²) in [5.41, 5.74) is 6.71. The van der Waals surface area contributed by atoms with Crippen molar-refractivity contribution in [1.29, 1.82) is 0 Å². The summed E-state index contributed by atoms with van der Waals surface area (Å²) in [5, 5.41) is 2.96. The largest absolute Gasteiger partial charge is 0.350 e. The fourth-order valence-corrected chi connectivity index (χ4v) is 1.95. The third kappa shape index (κ3) is 5.33. The van der Waals surface area contributed by atoms with Gasteiger partial charge in [-0.2, -0.15) is 0 Å². The topological polar surface area (TPSA) is 55.1 Å². The molecule has 0 radical (unpaired) electrons. The van der Waals surface area contributed by atoms with Gasteiger partial charge in [-0.3, -0.25) is 4.79 Å². The van der Waals surface area contributed by atoms with Gasteiger partial charge in [0.05, 0.1) is 6.04 Å². The summed E-state index contributed by atoms with van der Waals surface area (Å²) >= 11 is 3.42. The van der Waals surface area contributed by atoms with Crippen molar-refractivity contribution in [2.45, 2.75) is 38.8 Å². The summed E-state index contributed by atoms with van der Waals surface area (Å²) in [7, 11) is 0. The molecule has 4 heteroatoms. The quantitative estimate of drug-likeness (QED) is 0.878. The van der Waals surface area contributed by atoms with Crippen LogP contribution in [0.25, 0.3) is 0 Å². The van der Waals surface area contributed by atoms with Crippen molar-refractivity contribution in [3.05, 3.63) is 34.3 Å². The van der Waals surface area contributed by atoms with Crippen LogP contribution in [0.4, 0.5) is 0 Å². The van der Waals surface area contributed by atoms with Gasteiger partial charge in [0.15, 0.2) is 0 Å². The molecular weight excluding hydrogens is 280 g/mol. The van der Waals surface area contributed by atoms with Crippen LogP contribution in [0.1, 0.15) is 38.3 Å². The number of amides is 1. The van der Waals surface area contributed by atoms with Crippen molar-refractivity contribution in [3.63, 3.8) is 0 Å². The van der Waals surface area contributed by atoms with E-state index in [1.54, 1.807) is 0 Å². The molecular formula is C13H19BrN2O. The van der Waals surface area contributed by atoms with Gasteiger partial charge in [-0.25, -0.2) is 0 Å². The molecule has 94 valence electrons. The lowest BCUT2D eigenvalue weighted by Crippen LogP contribution is -2.28. The zero-order chi connectivity index (χ0) is 12.8. The van der Waals surface area contributed by atoms with E-state index in [0.717, 1.165) is 16.5 Å². The number of benzene rings is 1. The molecule has 0 aliphatic heterocycles. The third-order valence-electron chi connectivity index (χ3n) is 2.55. The first-order chi connectivity index (χ1) is 7.99. The van der Waals surface area contributed by atoms with Gasteiger partial charge in [-0.05, 0) is 38.0 Å². The highest BCUT2D eigenvalue weighted by atomic mass is 79.9. The Balaban J connectivity index is 2.48. The summed E-state index contributed by atoms with van der Waals surface area (Å²) in [4.78, 5) is 11.6. The zero-order valence-corrected chi connectivity index (χ0v) is 11.8. The summed E-state index contributed by atoms with van der Waals surface area (Å²) in [6.45, 7) is 3.89. The van der Waals surface area contributed by atoms with Gasteiger partial charge in [0.25, 0.3) is 0 Å². The first-order valence-corrected chi connectivity index (χ1v) is 6.58. The number of halogens is 1. The molecule has 0 aliphatic rings. The number of rotatable bonds is 5. The molecule has 0 bridgehead atoms. The van der Waals surface area contributed by atoms with E-state index in [9.17, 15) is 4.79 Å². The number of carbonyl (C=O) groups is 1. The standard InChI is InChI=1S/C13H19BrN2O/c1-9(15)6-7-13(17)16-10(2)11-4-3-5-12(14)8-11/h3-5,8-10H,6-7,15H2,1-2H3,(H,16,17)/t9?,10-/m0/s1. The highest BCUT2D eigenvalue weighted by Crippen LogP contribution is 2.17. The number of carbonyl (C=O) groups excluding carboxylic acids is 1. The van der Waals surface area contributed by atoms with Gasteiger partial charge in [-0.15, -0.1) is 0 Å². The predicted octanol–water partition coefficient (Wildman–Crippen LogP) is 2.75. The Labute approximate surface area is 111 Å². The van der Waals surface area contributed by atoms with Crippen molar-refractivity contribution in [1.82, 2.24) is 5.32 Å². The van der Waals surface area contributed by atoms with Crippen LogP contribution in [0.5, 0.6) is 0 Å². The number of hydrogen-bond acceptors (Lipinski definition) is 2. The molecule has 3 N–H and O–H groups in total. The van der Waals surface area contributed by atoms with E-state index < -0.39 is 0 Å². The van der Waals surface area contributed by atoms with Crippen LogP contribution in [-0.2, 0) is 4.79 Å². The monoisotopic (exact) mass is 298 g/mol. The smallest absolute Gasteiger partial charge is 0.220 e. The molecule has 0 aliphatic carbocycles. The number of hydrogen-bond donors (Lipinski definition) is 2. The molecule has 1 unspecified atom stereocenters. The Bertz CT molecular complexity index is 379. The van der Waals surface area contributed by atoms with E-state index in [4.69, 9.17) is 5.73 Å². The Morgan fingerprint density at radius 1 is 1.47 bits per heavy atom. The molecule has 0 saturated heterocycles. The summed E-state index contributed by atoms with van der Waals surface area (Å²) in [6, 6.07) is 8.03. The average Bonchev–Trinajstić information content (AvgIpc) is 2.26. The molecule has 0 saturated carbocycles. The fourth-order valence-electron chi connectivity index (χ4n) is 1.53. The zero-order valence-electron chi connectivity index (χ0n) is 10.2. The normalized spacial score (nSPS) is 14.1. The van der Waals surface area contributed by atoms with Crippen LogP contribution < -0.4 is 11.1 Å². The van der Waals surface area contributed by atoms with Crippen LogP contribution in [0.3, 0.4) is 0 Å². The Morgan fingerprint density at radius 3 is 2.76 bits per heavy atom. The SMILES string of the molecule is CC(N)CCC(=O)N[C@@H](C)c1cccc(Br)c1. The van der Waals surface area contributed by atoms with E-state index in [2.05, 4.69) is 21.2 Å². The summed E-state index contributed by atoms with van der Waals surface area (Å²) < 4.78 is 1.02. The Morgan fingerprint density at radius 2 is 2.18 bits per heavy atom. The lowest BCUT2D eigenvalue weighted by Gasteiger charge is -2.15. The van der Waals surface area contributed by atoms with Crippen molar-refractivity contribution in [3.8, 4) is 0 Å². The summed E-state index contributed by atoms with van der Waals surface area (Å²) in [5.74, 6) is 0.0507. The van der Waals surface area contributed by atoms with Crippen LogP contribution in [0.2, 0.25) is 0 Å². The first-order valence-electron chi connectivity index (χ1n) is 5.79. The molecule has 1 aromatic rings. The Hall–Kier alpha value is -0.870. The van der Waals surface area contributed by atoms with Crippen molar-refractivity contribution >= 4 is 21.8 Å². The average molecular weight is 299 g/mol. The van der Waals surface area contributed by atoms with Gasteiger partial charge < -0.3 is 11.1 Å². The maximum Gasteiger partial charge on any atom is 0.220 e. The van der Waals surface area contributed by atoms with Crippen molar-refractivity contribution in [2.24, 2.45) is 5.73 Å². The van der Waals surface area contributed by atoms with Gasteiger partial charge >= 0.3 is 0 Å². The van der Waals surface area contributed by atoms with Crippen LogP contribution in [-0.4, -0.2) is 11.9 Å². The van der Waals surface area contributed by atoms with Crippen molar-refractivity contribution in [2.75, 3.05) is 0 Å². The highest BCUT2D eigenvalue weighted by Gasteiger charge is 2.10. The minimum Gasteiger partial charge on any atom is -0.350 e. The maximum absolute atomic E-state index is 11.6. The van der Waals surface area contributed by atoms with E-state index in [-0.39, 0.29) is 18.0 Å². The lowest BCUT2D eigenvalue weighted by molar-refractivity contribution is -0.121. The fraction of sp³-hybridized carbons (Fsp3) is 0.462. The van der Waals surface area contributed by atoms with Gasteiger partial charge in [-0.1, -0.05) is 28.1 Å². The second-order valence-corrected chi connectivity index (χ2v) is 5.28. The summed E-state index contributed by atoms with van der Waals surface area (Å²) in [6.07, 6.45) is 1.20. The van der Waals surface area contributed by atoms with E-state index in [1.165, 1.54) is 0 Å². The minimum absolute atomic E-state index is 0.0214. The molecule has 2 atom stereocenters. The molecule has 1 aromatic carbocycles. The molecule has 1 amide bonds. The minimum atomic E-state index is 0.0214. The van der Waals surface area contributed by atoms with E-state index >= 15 is 0 Å². The van der Waals surface area contributed by atoms with E-state index in [1.807, 2.05) is 38.1 Å².